The van der Waals surface area contributed by atoms with E-state index in [-0.39, 0.29) is 11.8 Å². The van der Waals surface area contributed by atoms with Gasteiger partial charge >= 0.3 is 0 Å². The lowest BCUT2D eigenvalue weighted by molar-refractivity contribution is -0.135. The summed E-state index contributed by atoms with van der Waals surface area (Å²) in [4.78, 5) is 38.8. The average molecular weight is 486 g/mol. The predicted octanol–water partition coefficient (Wildman–Crippen LogP) is 2.36. The van der Waals surface area contributed by atoms with Crippen molar-refractivity contribution in [3.8, 4) is 0 Å². The minimum atomic E-state index is -0.637. The number of hydrogen-bond donors (Lipinski definition) is 2. The largest absolute Gasteiger partial charge is 0.361 e. The summed E-state index contributed by atoms with van der Waals surface area (Å²) >= 11 is 0. The number of carbonyl (C=O) groups is 2. The Labute approximate surface area is 207 Å². The van der Waals surface area contributed by atoms with Gasteiger partial charge in [0.25, 0.3) is 0 Å². The van der Waals surface area contributed by atoms with Gasteiger partial charge in [0.2, 0.25) is 11.8 Å². The molecule has 190 valence electrons. The van der Waals surface area contributed by atoms with E-state index < -0.39 is 11.9 Å². The van der Waals surface area contributed by atoms with Gasteiger partial charge in [-0.15, -0.1) is 0 Å². The molecule has 1 unspecified atom stereocenters. The summed E-state index contributed by atoms with van der Waals surface area (Å²) in [6, 6.07) is 3.98. The second kappa shape index (κ2) is 12.8. The highest BCUT2D eigenvalue weighted by Crippen LogP contribution is 2.21. The van der Waals surface area contributed by atoms with Gasteiger partial charge in [-0.25, -0.2) is 9.37 Å². The third-order valence-corrected chi connectivity index (χ3v) is 5.34. The van der Waals surface area contributed by atoms with Gasteiger partial charge in [0, 0.05) is 46.0 Å². The Hall–Kier alpha value is -3.53. The lowest BCUT2D eigenvalue weighted by Gasteiger charge is -2.23. The first-order valence-corrected chi connectivity index (χ1v) is 11.4. The molecule has 0 aliphatic carbocycles. The molecule has 1 aromatic heterocycles. The van der Waals surface area contributed by atoms with Crippen molar-refractivity contribution in [1.82, 2.24) is 25.1 Å². The van der Waals surface area contributed by atoms with Crippen LogP contribution in [0.15, 0.2) is 36.5 Å². The highest BCUT2D eigenvalue weighted by Gasteiger charge is 2.20. The van der Waals surface area contributed by atoms with Gasteiger partial charge in [0.1, 0.15) is 11.9 Å². The average Bonchev–Trinajstić information content (AvgIpc) is 2.78. The molecule has 35 heavy (non-hydrogen) atoms. The third kappa shape index (κ3) is 8.64. The lowest BCUT2D eigenvalue weighted by atomic mass is 10.1. The van der Waals surface area contributed by atoms with Gasteiger partial charge in [0.15, 0.2) is 11.6 Å². The van der Waals surface area contributed by atoms with E-state index in [4.69, 9.17) is 0 Å². The standard InChI is InChI=1S/C25H36FN7O2/c1-17-24(32(5)6)30-22(16-28-17)29-21-14-19(13-20(26)15-21)10-11-27-25(35)18(2)33(7)23(34)9-8-12-31(3)4/h8-9,13-16,18H,10-12H2,1-7H3,(H,27,35)(H,29,30)/b9-8+. The van der Waals surface area contributed by atoms with Crippen molar-refractivity contribution in [3.05, 3.63) is 53.6 Å². The monoisotopic (exact) mass is 485 g/mol. The number of anilines is 3. The number of carbonyl (C=O) groups excluding carboxylic acids is 2. The molecule has 2 rings (SSSR count). The van der Waals surface area contributed by atoms with Crippen LogP contribution in [0.5, 0.6) is 0 Å². The van der Waals surface area contributed by atoms with Gasteiger partial charge in [0.05, 0.1) is 11.9 Å². The Kier molecular flexibility index (Phi) is 10.1. The summed E-state index contributed by atoms with van der Waals surface area (Å²) < 4.78 is 14.2. The summed E-state index contributed by atoms with van der Waals surface area (Å²) in [5.41, 5.74) is 2.05. The van der Waals surface area contributed by atoms with Crippen LogP contribution in [-0.4, -0.2) is 86.0 Å². The lowest BCUT2D eigenvalue weighted by Crippen LogP contribution is -2.45. The Morgan fingerprint density at radius 3 is 2.51 bits per heavy atom. The van der Waals surface area contributed by atoms with E-state index in [0.29, 0.717) is 36.6 Å². The van der Waals surface area contributed by atoms with Crippen LogP contribution in [0.3, 0.4) is 0 Å². The summed E-state index contributed by atoms with van der Waals surface area (Å²) in [6.07, 6.45) is 5.24. The molecule has 10 heteroatoms. The van der Waals surface area contributed by atoms with Crippen molar-refractivity contribution in [2.24, 2.45) is 0 Å². The van der Waals surface area contributed by atoms with E-state index >= 15 is 0 Å². The molecule has 1 aromatic carbocycles. The Bertz CT molecular complexity index is 1060. The van der Waals surface area contributed by atoms with Gasteiger partial charge in [-0.3, -0.25) is 14.6 Å². The maximum Gasteiger partial charge on any atom is 0.246 e. The molecule has 0 radical (unpaired) electrons. The summed E-state index contributed by atoms with van der Waals surface area (Å²) in [6.45, 7) is 4.48. The number of amides is 2. The zero-order valence-corrected chi connectivity index (χ0v) is 21.6. The Balaban J connectivity index is 1.95. The molecule has 0 spiro atoms. The van der Waals surface area contributed by atoms with Crippen molar-refractivity contribution in [2.45, 2.75) is 26.3 Å². The molecule has 9 nitrogen and oxygen atoms in total. The fourth-order valence-electron chi connectivity index (χ4n) is 3.26. The van der Waals surface area contributed by atoms with Crippen LogP contribution in [0.1, 0.15) is 18.2 Å². The fraction of sp³-hybridized carbons (Fsp3) is 0.440. The van der Waals surface area contributed by atoms with E-state index in [9.17, 15) is 14.0 Å². The molecule has 0 saturated heterocycles. The first-order chi connectivity index (χ1) is 16.5. The molecule has 1 atom stereocenters. The van der Waals surface area contributed by atoms with Crippen LogP contribution in [-0.2, 0) is 16.0 Å². The Morgan fingerprint density at radius 1 is 1.14 bits per heavy atom. The van der Waals surface area contributed by atoms with Gasteiger partial charge in [-0.1, -0.05) is 6.08 Å². The number of rotatable bonds is 11. The molecule has 1 heterocycles. The molecule has 2 amide bonds. The van der Waals surface area contributed by atoms with Crippen molar-refractivity contribution >= 4 is 29.1 Å². The molecule has 0 aliphatic heterocycles. The number of benzene rings is 1. The van der Waals surface area contributed by atoms with Crippen molar-refractivity contribution in [2.75, 3.05) is 58.5 Å². The molecule has 2 N–H and O–H groups in total. The summed E-state index contributed by atoms with van der Waals surface area (Å²) in [7, 11) is 9.16. The normalized spacial score (nSPS) is 12.0. The van der Waals surface area contributed by atoms with Crippen LogP contribution >= 0.6 is 0 Å². The van der Waals surface area contributed by atoms with Crippen LogP contribution in [0.25, 0.3) is 0 Å². The minimum absolute atomic E-state index is 0.244. The first kappa shape index (κ1) is 27.7. The fourth-order valence-corrected chi connectivity index (χ4v) is 3.26. The topological polar surface area (TPSA) is 93.7 Å². The number of nitrogens with zero attached hydrogens (tertiary/aromatic N) is 5. The number of nitrogens with one attached hydrogen (secondary N) is 2. The quantitative estimate of drug-likeness (QED) is 0.472. The number of halogens is 1. The molecule has 0 fully saturated rings. The first-order valence-electron chi connectivity index (χ1n) is 11.4. The van der Waals surface area contributed by atoms with E-state index in [2.05, 4.69) is 20.6 Å². The van der Waals surface area contributed by atoms with Crippen LogP contribution in [0.2, 0.25) is 0 Å². The maximum atomic E-state index is 14.2. The second-order valence-electron chi connectivity index (χ2n) is 8.86. The van der Waals surface area contributed by atoms with Crippen LogP contribution in [0, 0.1) is 12.7 Å². The number of aryl methyl sites for hydroxylation is 1. The molecule has 0 bridgehead atoms. The number of likely N-dealkylation sites (N-methyl/N-ethyl adjacent to an activating group) is 2. The van der Waals surface area contributed by atoms with E-state index in [0.717, 1.165) is 11.5 Å². The van der Waals surface area contributed by atoms with E-state index in [1.165, 1.54) is 23.1 Å². The summed E-state index contributed by atoms with van der Waals surface area (Å²) in [5, 5.41) is 5.91. The maximum absolute atomic E-state index is 14.2. The molecular formula is C25H36FN7O2. The van der Waals surface area contributed by atoms with E-state index in [1.54, 1.807) is 32.3 Å². The van der Waals surface area contributed by atoms with Gasteiger partial charge < -0.3 is 25.3 Å². The highest BCUT2D eigenvalue weighted by atomic mass is 19.1. The molecular weight excluding hydrogens is 449 g/mol. The number of aromatic nitrogens is 2. The van der Waals surface area contributed by atoms with Crippen LogP contribution in [0.4, 0.5) is 21.7 Å². The highest BCUT2D eigenvalue weighted by molar-refractivity contribution is 5.92. The molecule has 0 saturated carbocycles. The van der Waals surface area contributed by atoms with Gasteiger partial charge in [-0.05, 0) is 58.1 Å². The third-order valence-electron chi connectivity index (χ3n) is 5.34. The van der Waals surface area contributed by atoms with Crippen molar-refractivity contribution in [1.29, 1.82) is 0 Å². The Morgan fingerprint density at radius 2 is 1.86 bits per heavy atom. The molecule has 0 aliphatic rings. The van der Waals surface area contributed by atoms with E-state index in [1.807, 2.05) is 44.9 Å². The van der Waals surface area contributed by atoms with Crippen molar-refractivity contribution < 1.29 is 14.0 Å². The zero-order chi connectivity index (χ0) is 26.1. The van der Waals surface area contributed by atoms with Crippen LogP contribution < -0.4 is 15.5 Å². The van der Waals surface area contributed by atoms with Crippen molar-refractivity contribution in [3.63, 3.8) is 0 Å². The second-order valence-corrected chi connectivity index (χ2v) is 8.86. The predicted molar refractivity (Wildman–Crippen MR) is 137 cm³/mol. The molecule has 2 aromatic rings. The summed E-state index contributed by atoms with van der Waals surface area (Å²) in [5.74, 6) is 0.313. The smallest absolute Gasteiger partial charge is 0.246 e. The number of hydrogen-bond acceptors (Lipinski definition) is 7. The van der Waals surface area contributed by atoms with Gasteiger partial charge in [-0.2, -0.15) is 0 Å². The SMILES string of the molecule is Cc1ncc(Nc2cc(F)cc(CCNC(=O)C(C)N(C)C(=O)/C=C/CN(C)C)c2)nc1N(C)C. The zero-order valence-electron chi connectivity index (χ0n) is 21.6. The minimum Gasteiger partial charge on any atom is -0.361 e.